The minimum Gasteiger partial charge on any atom is -0.478 e. The van der Waals surface area contributed by atoms with Gasteiger partial charge in [0.15, 0.2) is 11.6 Å². The summed E-state index contributed by atoms with van der Waals surface area (Å²) in [5.74, 6) is -4.47. The van der Waals surface area contributed by atoms with Crippen LogP contribution < -0.4 is 10.1 Å². The third-order valence-electron chi connectivity index (χ3n) is 4.36. The van der Waals surface area contributed by atoms with Gasteiger partial charge in [-0.05, 0) is 65.9 Å². The van der Waals surface area contributed by atoms with E-state index in [1.54, 1.807) is 31.2 Å². The van der Waals surface area contributed by atoms with E-state index in [0.717, 1.165) is 15.2 Å². The van der Waals surface area contributed by atoms with E-state index in [1.807, 2.05) is 27.4 Å². The number of nitrogens with zero attached hydrogens (tertiary/aromatic N) is 1. The highest BCUT2D eigenvalue weighted by Crippen LogP contribution is 2.32. The first-order valence-corrected chi connectivity index (χ1v) is 12.0. The molecule has 3 aromatic rings. The Labute approximate surface area is 206 Å². The van der Waals surface area contributed by atoms with Crippen molar-refractivity contribution in [2.24, 2.45) is 5.10 Å². The minimum absolute atomic E-state index is 0.0860. The van der Waals surface area contributed by atoms with E-state index in [1.165, 1.54) is 18.2 Å². The molecule has 0 saturated carbocycles. The Bertz CT molecular complexity index is 1370. The molecule has 0 aliphatic carbocycles. The topological polar surface area (TPSA) is 108 Å². The summed E-state index contributed by atoms with van der Waals surface area (Å²) < 4.78 is 54.8. The number of hydrazone groups is 1. The average Bonchev–Trinajstić information content (AvgIpc) is 2.74. The van der Waals surface area contributed by atoms with Gasteiger partial charge < -0.3 is 10.4 Å². The van der Waals surface area contributed by atoms with Gasteiger partial charge in [-0.1, -0.05) is 29.3 Å². The third-order valence-corrected chi connectivity index (χ3v) is 6.59. The number of sulfonamides is 1. The molecule has 0 spiro atoms. The fourth-order valence-corrected chi connectivity index (χ4v) is 4.39. The second kappa shape index (κ2) is 10.0. The first-order chi connectivity index (χ1) is 15.5. The SMILES string of the molecule is Cc1ccc(S(=O)(=O)N/N=C/c2cc(C(=O)O)c(Nc3ccc(I)cc3Cl)c(F)c2F)cc1. The standard InChI is InChI=1S/C21H15ClF2IN3O4S/c1-11-2-5-14(6-3-11)33(31,32)28-26-10-12-8-15(21(29)30)20(19(24)18(12)23)27-17-7-4-13(25)9-16(17)22/h2-10,27-28H,1H3,(H,29,30)/b26-10+. The zero-order valence-electron chi connectivity index (χ0n) is 16.7. The number of hydrogen-bond acceptors (Lipinski definition) is 5. The molecule has 0 radical (unpaired) electrons. The summed E-state index contributed by atoms with van der Waals surface area (Å²) in [5.41, 5.74) is -0.802. The average molecular weight is 606 g/mol. The predicted octanol–water partition coefficient (Wildman–Crippen LogP) is 5.29. The highest BCUT2D eigenvalue weighted by molar-refractivity contribution is 14.1. The van der Waals surface area contributed by atoms with E-state index in [-0.39, 0.29) is 15.6 Å². The largest absolute Gasteiger partial charge is 0.478 e. The van der Waals surface area contributed by atoms with Crippen molar-refractivity contribution in [3.05, 3.63) is 85.4 Å². The molecule has 33 heavy (non-hydrogen) atoms. The van der Waals surface area contributed by atoms with Crippen LogP contribution in [0.25, 0.3) is 0 Å². The highest BCUT2D eigenvalue weighted by Gasteiger charge is 2.23. The smallest absolute Gasteiger partial charge is 0.337 e. The fourth-order valence-electron chi connectivity index (χ4n) is 2.69. The minimum atomic E-state index is -4.06. The van der Waals surface area contributed by atoms with Crippen LogP contribution in [0, 0.1) is 22.1 Å². The van der Waals surface area contributed by atoms with Crippen LogP contribution in [0.2, 0.25) is 5.02 Å². The maximum absolute atomic E-state index is 14.8. The zero-order valence-corrected chi connectivity index (χ0v) is 20.5. The van der Waals surface area contributed by atoms with Crippen molar-refractivity contribution in [3.63, 3.8) is 0 Å². The summed E-state index contributed by atoms with van der Waals surface area (Å²) >= 11 is 8.09. The summed E-state index contributed by atoms with van der Waals surface area (Å²) in [6.45, 7) is 1.78. The van der Waals surface area contributed by atoms with Gasteiger partial charge in [0.2, 0.25) is 0 Å². The van der Waals surface area contributed by atoms with Crippen molar-refractivity contribution in [1.82, 2.24) is 4.83 Å². The molecule has 0 amide bonds. The summed E-state index contributed by atoms with van der Waals surface area (Å²) in [4.78, 5) is 13.5. The molecule has 0 bridgehead atoms. The summed E-state index contributed by atoms with van der Waals surface area (Å²) in [6, 6.07) is 11.4. The molecule has 172 valence electrons. The predicted molar refractivity (Wildman–Crippen MR) is 130 cm³/mol. The lowest BCUT2D eigenvalue weighted by Gasteiger charge is -2.14. The van der Waals surface area contributed by atoms with Crippen LogP contribution >= 0.6 is 34.2 Å². The monoisotopic (exact) mass is 605 g/mol. The number of nitrogens with one attached hydrogen (secondary N) is 2. The van der Waals surface area contributed by atoms with E-state index in [2.05, 4.69) is 10.4 Å². The molecule has 3 aromatic carbocycles. The van der Waals surface area contributed by atoms with Crippen LogP contribution in [0.15, 0.2) is 58.5 Å². The van der Waals surface area contributed by atoms with E-state index in [4.69, 9.17) is 11.6 Å². The molecule has 0 aromatic heterocycles. The number of rotatable bonds is 7. The molecular weight excluding hydrogens is 591 g/mol. The van der Waals surface area contributed by atoms with Gasteiger partial charge in [-0.15, -0.1) is 0 Å². The van der Waals surface area contributed by atoms with Crippen molar-refractivity contribution in [2.75, 3.05) is 5.32 Å². The van der Waals surface area contributed by atoms with Crippen LogP contribution in [-0.2, 0) is 10.0 Å². The van der Waals surface area contributed by atoms with Crippen molar-refractivity contribution in [2.45, 2.75) is 11.8 Å². The molecule has 0 heterocycles. The Kier molecular flexibility index (Phi) is 7.55. The van der Waals surface area contributed by atoms with Crippen molar-refractivity contribution < 1.29 is 27.1 Å². The molecular formula is C21H15ClF2IN3O4S. The van der Waals surface area contributed by atoms with Gasteiger partial charge in [0, 0.05) is 9.13 Å². The molecule has 0 aliphatic rings. The van der Waals surface area contributed by atoms with Crippen LogP contribution in [-0.4, -0.2) is 25.7 Å². The number of aromatic carboxylic acids is 1. The quantitative estimate of drug-likeness (QED) is 0.193. The van der Waals surface area contributed by atoms with Crippen LogP contribution in [0.5, 0.6) is 0 Å². The molecule has 0 aliphatic heterocycles. The van der Waals surface area contributed by atoms with E-state index in [0.29, 0.717) is 6.21 Å². The van der Waals surface area contributed by atoms with Gasteiger partial charge in [-0.25, -0.2) is 18.4 Å². The van der Waals surface area contributed by atoms with Gasteiger partial charge in [0.1, 0.15) is 0 Å². The highest BCUT2D eigenvalue weighted by atomic mass is 127. The lowest BCUT2D eigenvalue weighted by molar-refractivity contribution is 0.0697. The Morgan fingerprint density at radius 2 is 1.79 bits per heavy atom. The lowest BCUT2D eigenvalue weighted by atomic mass is 10.1. The van der Waals surface area contributed by atoms with Crippen molar-refractivity contribution in [1.29, 1.82) is 0 Å². The molecule has 0 fully saturated rings. The van der Waals surface area contributed by atoms with Crippen LogP contribution in [0.1, 0.15) is 21.5 Å². The number of benzene rings is 3. The van der Waals surface area contributed by atoms with Gasteiger partial charge in [0.25, 0.3) is 10.0 Å². The lowest BCUT2D eigenvalue weighted by Crippen LogP contribution is -2.18. The number of halogens is 4. The Hall–Kier alpha value is -2.77. The Morgan fingerprint density at radius 3 is 2.39 bits per heavy atom. The van der Waals surface area contributed by atoms with Gasteiger partial charge in [-0.3, -0.25) is 0 Å². The first kappa shape index (κ1) is 24.9. The molecule has 0 unspecified atom stereocenters. The van der Waals surface area contributed by atoms with Crippen molar-refractivity contribution in [3.8, 4) is 0 Å². The zero-order chi connectivity index (χ0) is 24.3. The van der Waals surface area contributed by atoms with Gasteiger partial charge >= 0.3 is 5.97 Å². The second-order valence-corrected chi connectivity index (χ2v) is 10.1. The summed E-state index contributed by atoms with van der Waals surface area (Å²) in [7, 11) is -4.06. The molecule has 0 saturated heterocycles. The normalized spacial score (nSPS) is 11.5. The summed E-state index contributed by atoms with van der Waals surface area (Å²) in [6.07, 6.45) is 0.679. The molecule has 3 rings (SSSR count). The van der Waals surface area contributed by atoms with Crippen LogP contribution in [0.4, 0.5) is 20.2 Å². The second-order valence-electron chi connectivity index (χ2n) is 6.74. The molecule has 0 atom stereocenters. The van der Waals surface area contributed by atoms with Crippen LogP contribution in [0.3, 0.4) is 0 Å². The Balaban J connectivity index is 1.93. The number of hydrogen-bond donors (Lipinski definition) is 3. The number of carboxylic acids is 1. The molecule has 7 nitrogen and oxygen atoms in total. The first-order valence-electron chi connectivity index (χ1n) is 9.08. The maximum atomic E-state index is 14.8. The number of carboxylic acid groups (broad SMARTS) is 1. The maximum Gasteiger partial charge on any atom is 0.337 e. The fraction of sp³-hybridized carbons (Fsp3) is 0.0476. The number of carbonyl (C=O) groups is 1. The van der Waals surface area contributed by atoms with Gasteiger partial charge in [0.05, 0.1) is 33.1 Å². The van der Waals surface area contributed by atoms with E-state index >= 15 is 0 Å². The molecule has 3 N–H and O–H groups in total. The van der Waals surface area contributed by atoms with E-state index < -0.39 is 44.4 Å². The summed E-state index contributed by atoms with van der Waals surface area (Å²) in [5, 5.41) is 15.6. The number of aryl methyl sites for hydroxylation is 1. The van der Waals surface area contributed by atoms with Crippen molar-refractivity contribution >= 4 is 67.8 Å². The third kappa shape index (κ3) is 5.78. The Morgan fingerprint density at radius 1 is 1.12 bits per heavy atom. The van der Waals surface area contributed by atoms with Gasteiger partial charge in [-0.2, -0.15) is 13.5 Å². The van der Waals surface area contributed by atoms with E-state index in [9.17, 15) is 27.1 Å². The number of anilines is 2. The molecule has 12 heteroatoms.